The second-order valence-electron chi connectivity index (χ2n) is 2.22. The molecule has 0 unspecified atom stereocenters. The van der Waals surface area contributed by atoms with Gasteiger partial charge in [0.25, 0.3) is 0 Å². The first-order valence-electron chi connectivity index (χ1n) is 2.35. The highest BCUT2D eigenvalue weighted by Gasteiger charge is 2.35. The first-order valence-corrected chi connectivity index (χ1v) is 3.43. The third-order valence-electron chi connectivity index (χ3n) is 1.24. The topological polar surface area (TPSA) is 34.0 Å². The van der Waals surface area contributed by atoms with E-state index in [2.05, 4.69) is 38.6 Å². The summed E-state index contributed by atoms with van der Waals surface area (Å²) in [4.78, 5) is 0. The van der Waals surface area contributed by atoms with Crippen LogP contribution in [-0.2, 0) is 0 Å². The zero-order valence-corrected chi connectivity index (χ0v) is 6.45. The molecule has 0 aromatic carbocycles. The molecule has 0 aliphatic carbocycles. The molecule has 0 aromatic heterocycles. The van der Waals surface area contributed by atoms with E-state index in [9.17, 15) is 0 Å². The number of hydrogen-bond donors (Lipinski definition) is 2. The summed E-state index contributed by atoms with van der Waals surface area (Å²) in [6, 6.07) is 0. The van der Waals surface area contributed by atoms with E-state index in [0.717, 1.165) is 6.54 Å². The van der Waals surface area contributed by atoms with Gasteiger partial charge in [-0.3, -0.25) is 3.53 Å². The average Bonchev–Trinajstić information content (AvgIpc) is 2.22. The van der Waals surface area contributed by atoms with E-state index in [0.29, 0.717) is 5.54 Å². The number of rotatable bonds is 2. The van der Waals surface area contributed by atoms with E-state index in [-0.39, 0.29) is 0 Å². The van der Waals surface area contributed by atoms with Crippen molar-refractivity contribution in [2.75, 3.05) is 13.1 Å². The second-order valence-corrected chi connectivity index (χ2v) is 2.99. The van der Waals surface area contributed by atoms with Crippen molar-refractivity contribution in [1.29, 1.82) is 0 Å². The molecule has 1 saturated heterocycles. The molecule has 42 valence electrons. The summed E-state index contributed by atoms with van der Waals surface area (Å²) in [6.07, 6.45) is 0. The molecule has 1 heterocycles. The Morgan fingerprint density at radius 1 is 2.00 bits per heavy atom. The van der Waals surface area contributed by atoms with Crippen molar-refractivity contribution in [3.8, 4) is 0 Å². The van der Waals surface area contributed by atoms with E-state index in [4.69, 9.17) is 0 Å². The lowest BCUT2D eigenvalue weighted by molar-refractivity contribution is 0.691. The summed E-state index contributed by atoms with van der Waals surface area (Å²) in [6.45, 7) is 4.45. The summed E-state index contributed by atoms with van der Waals surface area (Å²) in [5.41, 5.74) is 0.432. The third kappa shape index (κ3) is 1.54. The largest absolute Gasteiger partial charge is 0.307 e. The highest BCUT2D eigenvalue weighted by molar-refractivity contribution is 14.1. The van der Waals surface area contributed by atoms with Crippen molar-refractivity contribution in [2.24, 2.45) is 0 Å². The molecule has 1 fully saturated rings. The second kappa shape index (κ2) is 1.87. The van der Waals surface area contributed by atoms with Gasteiger partial charge in [0.1, 0.15) is 0 Å². The molecule has 0 amide bonds. The highest BCUT2D eigenvalue weighted by atomic mass is 127. The molecule has 0 saturated carbocycles. The van der Waals surface area contributed by atoms with Crippen molar-refractivity contribution in [3.05, 3.63) is 0 Å². The smallest absolute Gasteiger partial charge is 0.0412 e. The molecular weight excluding hydrogens is 203 g/mol. The average molecular weight is 212 g/mol. The van der Waals surface area contributed by atoms with Crippen LogP contribution in [0, 0.1) is 0 Å². The van der Waals surface area contributed by atoms with E-state index < -0.39 is 0 Å². The van der Waals surface area contributed by atoms with Gasteiger partial charge in [-0.15, -0.1) is 0 Å². The fourth-order valence-corrected chi connectivity index (χ4v) is 1.27. The van der Waals surface area contributed by atoms with Gasteiger partial charge in [-0.05, 0) is 6.92 Å². The molecule has 0 radical (unpaired) electrons. The van der Waals surface area contributed by atoms with Gasteiger partial charge >= 0.3 is 0 Å². The normalized spacial score (nSPS) is 38.6. The van der Waals surface area contributed by atoms with Crippen molar-refractivity contribution in [3.63, 3.8) is 0 Å². The van der Waals surface area contributed by atoms with E-state index >= 15 is 0 Å². The predicted molar refractivity (Wildman–Crippen MR) is 38.4 cm³/mol. The maximum atomic E-state index is 3.24. The molecule has 1 aliphatic rings. The molecule has 3 heteroatoms. The zero-order chi connectivity index (χ0) is 5.33. The molecule has 2 N–H and O–H groups in total. The summed E-state index contributed by atoms with van der Waals surface area (Å²) in [7, 11) is 0. The Kier molecular flexibility index (Phi) is 1.55. The molecule has 0 aromatic rings. The van der Waals surface area contributed by atoms with Gasteiger partial charge in [0.15, 0.2) is 0 Å². The molecule has 1 rings (SSSR count). The Hall–Kier alpha value is 0.650. The van der Waals surface area contributed by atoms with Crippen LogP contribution in [0.3, 0.4) is 0 Å². The monoisotopic (exact) mass is 212 g/mol. The summed E-state index contributed by atoms with van der Waals surface area (Å²) in [5, 5.41) is 3.24. The molecule has 1 aliphatic heterocycles. The molecule has 7 heavy (non-hydrogen) atoms. The quantitative estimate of drug-likeness (QED) is 0.392. The van der Waals surface area contributed by atoms with E-state index in [1.165, 1.54) is 6.54 Å². The van der Waals surface area contributed by atoms with Gasteiger partial charge in [0.05, 0.1) is 0 Å². The van der Waals surface area contributed by atoms with Crippen LogP contribution in [0.2, 0.25) is 0 Å². The minimum atomic E-state index is 0.432. The fraction of sp³-hybridized carbons (Fsp3) is 1.00. The number of hydrogen-bond acceptors (Lipinski definition) is 2. The fourth-order valence-electron chi connectivity index (χ4n) is 0.423. The molecular formula is C4H9IN2. The van der Waals surface area contributed by atoms with Crippen molar-refractivity contribution in [2.45, 2.75) is 12.5 Å². The maximum absolute atomic E-state index is 3.24. The van der Waals surface area contributed by atoms with E-state index in [1.807, 2.05) is 0 Å². The van der Waals surface area contributed by atoms with Crippen LogP contribution in [0.4, 0.5) is 0 Å². The predicted octanol–water partition coefficient (Wildman–Crippen LogP) is 0.288. The summed E-state index contributed by atoms with van der Waals surface area (Å²) >= 11 is 2.16. The van der Waals surface area contributed by atoms with Crippen LogP contribution in [0.1, 0.15) is 6.92 Å². The molecule has 1 atom stereocenters. The first kappa shape index (κ1) is 5.78. The zero-order valence-electron chi connectivity index (χ0n) is 4.29. The van der Waals surface area contributed by atoms with Gasteiger partial charge in [-0.25, -0.2) is 0 Å². The Morgan fingerprint density at radius 2 is 2.57 bits per heavy atom. The Bertz CT molecular complexity index is 70.1. The molecule has 0 spiro atoms. The lowest BCUT2D eigenvalue weighted by atomic mass is 10.2. The van der Waals surface area contributed by atoms with Crippen LogP contribution in [0.25, 0.3) is 0 Å². The van der Waals surface area contributed by atoms with Crippen molar-refractivity contribution < 1.29 is 0 Å². The highest BCUT2D eigenvalue weighted by Crippen LogP contribution is 2.13. The third-order valence-corrected chi connectivity index (χ3v) is 1.62. The van der Waals surface area contributed by atoms with Gasteiger partial charge in [-0.2, -0.15) is 0 Å². The Morgan fingerprint density at radius 3 is 2.71 bits per heavy atom. The Balaban J connectivity index is 2.13. The lowest BCUT2D eigenvalue weighted by Gasteiger charge is -2.00. The Labute approximate surface area is 57.5 Å². The minimum Gasteiger partial charge on any atom is -0.307 e. The van der Waals surface area contributed by atoms with Crippen LogP contribution >= 0.6 is 22.9 Å². The van der Waals surface area contributed by atoms with Gasteiger partial charge < -0.3 is 5.32 Å². The summed E-state index contributed by atoms with van der Waals surface area (Å²) in [5.74, 6) is 0. The van der Waals surface area contributed by atoms with Gasteiger partial charge in [0.2, 0.25) is 0 Å². The van der Waals surface area contributed by atoms with Crippen LogP contribution in [0.15, 0.2) is 0 Å². The number of nitrogens with one attached hydrogen (secondary N) is 2. The SMILES string of the molecule is C[C@@]1(CNI)CN1. The molecule has 2 nitrogen and oxygen atoms in total. The van der Waals surface area contributed by atoms with Crippen LogP contribution in [0.5, 0.6) is 0 Å². The molecule has 0 bridgehead atoms. The van der Waals surface area contributed by atoms with Crippen molar-refractivity contribution in [1.82, 2.24) is 8.85 Å². The lowest BCUT2D eigenvalue weighted by Crippen LogP contribution is -2.22. The summed E-state index contributed by atoms with van der Waals surface area (Å²) < 4.78 is 3.08. The van der Waals surface area contributed by atoms with Gasteiger partial charge in [-0.1, -0.05) is 0 Å². The number of halogens is 1. The van der Waals surface area contributed by atoms with Gasteiger partial charge in [0, 0.05) is 41.5 Å². The van der Waals surface area contributed by atoms with Crippen LogP contribution in [-0.4, -0.2) is 18.6 Å². The van der Waals surface area contributed by atoms with Crippen LogP contribution < -0.4 is 8.85 Å². The maximum Gasteiger partial charge on any atom is 0.0412 e. The minimum absolute atomic E-state index is 0.432. The van der Waals surface area contributed by atoms with E-state index in [1.54, 1.807) is 0 Å². The van der Waals surface area contributed by atoms with Crippen molar-refractivity contribution >= 4 is 22.9 Å². The first-order chi connectivity index (χ1) is 3.27. The standard InChI is InChI=1S/C4H9IN2/c1-4(2-6-4)3-7-5/h6-7H,2-3H2,1H3/t4-/m0/s1.